The minimum Gasteiger partial charge on any atom is -0.494 e. The summed E-state index contributed by atoms with van der Waals surface area (Å²) in [6.45, 7) is 2.36. The highest BCUT2D eigenvalue weighted by Gasteiger charge is 2.38. The molecule has 0 aliphatic heterocycles. The summed E-state index contributed by atoms with van der Waals surface area (Å²) < 4.78 is 47.8. The van der Waals surface area contributed by atoms with Crippen molar-refractivity contribution in [2.45, 2.75) is 43.8 Å². The zero-order valence-electron chi connectivity index (χ0n) is 23.9. The van der Waals surface area contributed by atoms with E-state index in [4.69, 9.17) is 15.6 Å². The van der Waals surface area contributed by atoms with Gasteiger partial charge in [0.05, 0.1) is 6.61 Å². The molecule has 1 amide bonds. The van der Waals surface area contributed by atoms with Crippen molar-refractivity contribution in [2.75, 3.05) is 12.4 Å². The summed E-state index contributed by atoms with van der Waals surface area (Å²) in [4.78, 5) is 26.5. The number of thioether (sulfide) groups is 1. The van der Waals surface area contributed by atoms with E-state index in [1.165, 1.54) is 16.0 Å². The molecule has 0 fully saturated rings. The zero-order valence-corrected chi connectivity index (χ0v) is 24.8. The Morgan fingerprint density at radius 2 is 1.64 bits per heavy atom. The fourth-order valence-corrected chi connectivity index (χ4v) is 4.75. The maximum atomic E-state index is 13.0. The molecular weight excluding hydrogens is 597 g/mol. The highest BCUT2D eigenvalue weighted by Crippen LogP contribution is 2.20. The molecule has 2 aromatic carbocycles. The van der Waals surface area contributed by atoms with Gasteiger partial charge in [-0.05, 0) is 61.8 Å². The highest BCUT2D eigenvalue weighted by molar-refractivity contribution is 7.99. The number of hydrogen-bond acceptors (Lipinski definition) is 7. The third-order valence-corrected chi connectivity index (χ3v) is 7.11. The van der Waals surface area contributed by atoms with E-state index in [9.17, 15) is 27.8 Å². The summed E-state index contributed by atoms with van der Waals surface area (Å²) in [5.41, 5.74) is 1.10. The molecular formula is C27H32B2F3N7O4S. The van der Waals surface area contributed by atoms with Gasteiger partial charge in [-0.3, -0.25) is 15.6 Å². The van der Waals surface area contributed by atoms with Gasteiger partial charge in [-0.2, -0.15) is 18.2 Å². The first-order valence-corrected chi connectivity index (χ1v) is 14.6. The predicted octanol–water partition coefficient (Wildman–Crippen LogP) is 2.41. The van der Waals surface area contributed by atoms with Gasteiger partial charge >= 0.3 is 26.5 Å². The normalized spacial score (nSPS) is 11.5. The molecule has 3 rings (SSSR count). The molecule has 0 unspecified atom stereocenters. The lowest BCUT2D eigenvalue weighted by atomic mass is 9.88. The Balaban J connectivity index is 1.56. The third-order valence-electron chi connectivity index (χ3n) is 6.01. The summed E-state index contributed by atoms with van der Waals surface area (Å²) in [7, 11) is -0.809. The fourth-order valence-electron chi connectivity index (χ4n) is 3.91. The van der Waals surface area contributed by atoms with Gasteiger partial charge < -0.3 is 34.1 Å². The van der Waals surface area contributed by atoms with Gasteiger partial charge in [0, 0.05) is 41.5 Å². The van der Waals surface area contributed by atoms with Gasteiger partial charge in [0.15, 0.2) is 0 Å². The Bertz CT molecular complexity index is 1490. The Kier molecular flexibility index (Phi) is 12.9. The minimum absolute atomic E-state index is 0.0330. The van der Waals surface area contributed by atoms with Crippen LogP contribution in [0.2, 0.25) is 6.82 Å². The predicted molar refractivity (Wildman–Crippen MR) is 165 cm³/mol. The SMILES string of the molecule is CB(O)NC(=N)c1ccc(SCCCn2ccn(CCCOc3ccc(C(=N)NBC=O)cc3)/c2=N\C(=O)C(F)(F)F)cc1. The molecule has 0 saturated carbocycles. The van der Waals surface area contributed by atoms with Crippen LogP contribution in [-0.4, -0.2) is 70.9 Å². The second-order valence-corrected chi connectivity index (χ2v) is 10.6. The second-order valence-electron chi connectivity index (χ2n) is 9.47. The lowest BCUT2D eigenvalue weighted by Gasteiger charge is -2.10. The number of nitrogens with one attached hydrogen (secondary N) is 4. The monoisotopic (exact) mass is 629 g/mol. The maximum absolute atomic E-state index is 13.0. The number of carbonyl (C=O) groups excluding carboxylic acids is 2. The Morgan fingerprint density at radius 3 is 2.23 bits per heavy atom. The molecule has 232 valence electrons. The number of nitrogens with zero attached hydrogens (tertiary/aromatic N) is 3. The molecule has 5 N–H and O–H groups in total. The number of ether oxygens (including phenoxy) is 1. The van der Waals surface area contributed by atoms with E-state index in [1.807, 2.05) is 12.1 Å². The Morgan fingerprint density at radius 1 is 1.05 bits per heavy atom. The summed E-state index contributed by atoms with van der Waals surface area (Å²) in [6, 6.07) is 13.9. The van der Waals surface area contributed by atoms with Crippen LogP contribution in [0.15, 0.2) is 70.8 Å². The van der Waals surface area contributed by atoms with E-state index >= 15 is 0 Å². The van der Waals surface area contributed by atoms with E-state index in [0.717, 1.165) is 4.90 Å². The van der Waals surface area contributed by atoms with Crippen molar-refractivity contribution >= 4 is 50.0 Å². The number of alkyl halides is 3. The molecule has 0 radical (unpaired) electrons. The lowest BCUT2D eigenvalue weighted by Crippen LogP contribution is -2.36. The molecule has 1 aromatic heterocycles. The van der Waals surface area contributed by atoms with E-state index in [0.29, 0.717) is 48.2 Å². The van der Waals surface area contributed by atoms with Crippen LogP contribution in [0.3, 0.4) is 0 Å². The Labute approximate surface area is 257 Å². The van der Waals surface area contributed by atoms with Crippen molar-refractivity contribution in [3.63, 3.8) is 0 Å². The molecule has 0 aliphatic carbocycles. The van der Waals surface area contributed by atoms with Gasteiger partial charge in [-0.1, -0.05) is 12.1 Å². The molecule has 44 heavy (non-hydrogen) atoms. The van der Waals surface area contributed by atoms with E-state index in [2.05, 4.69) is 15.4 Å². The van der Waals surface area contributed by atoms with Gasteiger partial charge in [0.2, 0.25) is 5.62 Å². The van der Waals surface area contributed by atoms with E-state index in [1.54, 1.807) is 60.6 Å². The largest absolute Gasteiger partial charge is 0.494 e. The molecule has 0 saturated heterocycles. The number of aryl methyl sites for hydroxylation is 2. The van der Waals surface area contributed by atoms with E-state index < -0.39 is 19.1 Å². The first kappa shape index (κ1) is 34.3. The van der Waals surface area contributed by atoms with Crippen molar-refractivity contribution < 1.29 is 32.5 Å². The Hall–Kier alpha value is -4.24. The quantitative estimate of drug-likeness (QED) is 0.0432. The molecule has 1 heterocycles. The van der Waals surface area contributed by atoms with Crippen LogP contribution in [0, 0.1) is 10.8 Å². The number of aromatic nitrogens is 2. The van der Waals surface area contributed by atoms with Crippen molar-refractivity contribution in [1.82, 2.24) is 19.6 Å². The molecule has 0 aliphatic rings. The van der Waals surface area contributed by atoms with E-state index in [-0.39, 0.29) is 37.9 Å². The molecule has 3 aromatic rings. The average Bonchev–Trinajstić information content (AvgIpc) is 3.36. The van der Waals surface area contributed by atoms with Crippen LogP contribution in [0.4, 0.5) is 13.2 Å². The molecule has 17 heteroatoms. The van der Waals surface area contributed by atoms with Crippen LogP contribution in [0.1, 0.15) is 24.0 Å². The first-order valence-electron chi connectivity index (χ1n) is 13.6. The van der Waals surface area contributed by atoms with Crippen LogP contribution in [-0.2, 0) is 22.7 Å². The molecule has 11 nitrogen and oxygen atoms in total. The van der Waals surface area contributed by atoms with Crippen molar-refractivity contribution in [3.8, 4) is 5.75 Å². The van der Waals surface area contributed by atoms with Crippen molar-refractivity contribution in [2.24, 2.45) is 4.99 Å². The number of benzene rings is 2. The summed E-state index contributed by atoms with van der Waals surface area (Å²) >= 11 is 1.54. The smallest absolute Gasteiger partial charge is 0.473 e. The summed E-state index contributed by atoms with van der Waals surface area (Å²) in [6.07, 6.45) is -0.250. The first-order chi connectivity index (χ1) is 21.0. The number of rotatable bonds is 15. The molecule has 0 spiro atoms. The minimum atomic E-state index is -5.09. The molecule has 0 atom stereocenters. The molecule has 0 bridgehead atoms. The number of amides is 1. The number of carbonyl (C=O) groups is 2. The van der Waals surface area contributed by atoms with Gasteiger partial charge in [-0.25, -0.2) is 0 Å². The highest BCUT2D eigenvalue weighted by atomic mass is 32.2. The third kappa shape index (κ3) is 10.8. The van der Waals surface area contributed by atoms with Crippen LogP contribution in [0.5, 0.6) is 5.75 Å². The zero-order chi connectivity index (χ0) is 32.1. The number of hydrogen-bond donors (Lipinski definition) is 5. The topological polar surface area (TPSA) is 158 Å². The standard InChI is InChI=1S/C27H32B2F3N7O4S/c1-29(42)37-24(34)20-6-10-22(11-7-20)44-17-3-13-39-15-14-38(26(39)35-25(41)27(30,31)32)12-2-16-43-21-8-4-19(5-9-21)23(33)36-28-18-40/h4-11,14-15,18,28,42H,2-3,12-13,16-17H2,1H3,(H2,33,36)(H2,34,37)/b35-26+. The number of imidazole rings is 1. The number of amidine groups is 2. The van der Waals surface area contributed by atoms with Gasteiger partial charge in [0.25, 0.3) is 0 Å². The summed E-state index contributed by atoms with van der Waals surface area (Å²) in [5.74, 6) is -0.788. The van der Waals surface area contributed by atoms with Crippen LogP contribution < -0.4 is 20.8 Å². The fraction of sp³-hybridized carbons (Fsp3) is 0.296. The number of halogens is 3. The lowest BCUT2D eigenvalue weighted by molar-refractivity contribution is -0.169. The van der Waals surface area contributed by atoms with Crippen LogP contribution >= 0.6 is 11.8 Å². The maximum Gasteiger partial charge on any atom is 0.473 e. The van der Waals surface area contributed by atoms with Crippen LogP contribution in [0.25, 0.3) is 0 Å². The van der Waals surface area contributed by atoms with Crippen molar-refractivity contribution in [3.05, 3.63) is 77.7 Å². The summed E-state index contributed by atoms with van der Waals surface area (Å²) in [5, 5.41) is 30.4. The van der Waals surface area contributed by atoms with Gasteiger partial charge in [0.1, 0.15) is 23.6 Å². The second kappa shape index (κ2) is 16.6. The van der Waals surface area contributed by atoms with Crippen molar-refractivity contribution in [1.29, 1.82) is 10.8 Å². The average molecular weight is 629 g/mol. The van der Waals surface area contributed by atoms with Gasteiger partial charge in [-0.15, -0.1) is 11.8 Å².